The molecule has 2 rings (SSSR count). The van der Waals surface area contributed by atoms with Gasteiger partial charge in [-0.05, 0) is 36.5 Å². The van der Waals surface area contributed by atoms with Gasteiger partial charge in [0, 0.05) is 19.6 Å². The Balaban J connectivity index is 1.83. The second kappa shape index (κ2) is 7.25. The maximum atomic E-state index is 10.4. The van der Waals surface area contributed by atoms with Crippen LogP contribution in [0.5, 0.6) is 5.75 Å². The number of rotatable bonds is 6. The minimum atomic E-state index is -0.819. The van der Waals surface area contributed by atoms with Crippen LogP contribution in [0.3, 0.4) is 0 Å². The van der Waals surface area contributed by atoms with E-state index in [0.717, 1.165) is 5.75 Å². The van der Waals surface area contributed by atoms with Crippen LogP contribution in [0.2, 0.25) is 0 Å². The second-order valence-electron chi connectivity index (χ2n) is 6.23. The third kappa shape index (κ3) is 4.99. The molecule has 1 aliphatic heterocycles. The van der Waals surface area contributed by atoms with Crippen molar-refractivity contribution in [3.8, 4) is 5.75 Å². The highest BCUT2D eigenvalue weighted by molar-refractivity contribution is 5.30. The van der Waals surface area contributed by atoms with Crippen molar-refractivity contribution in [2.45, 2.75) is 50.7 Å². The normalized spacial score (nSPS) is 19.5. The number of benzene rings is 1. The smallest absolute Gasteiger partial charge is 0.119 e. The molecular formula is C17H26O4. The van der Waals surface area contributed by atoms with Crippen molar-refractivity contribution in [2.75, 3.05) is 19.8 Å². The predicted octanol–water partition coefficient (Wildman–Crippen LogP) is 2.48. The number of aliphatic hydroxyl groups excluding tert-OH is 1. The summed E-state index contributed by atoms with van der Waals surface area (Å²) in [5.41, 5.74) is 0.394. The Hall–Kier alpha value is -1.10. The van der Waals surface area contributed by atoms with E-state index in [4.69, 9.17) is 9.47 Å². The Morgan fingerprint density at radius 1 is 1.29 bits per heavy atom. The van der Waals surface area contributed by atoms with Gasteiger partial charge in [0.15, 0.2) is 0 Å². The van der Waals surface area contributed by atoms with Gasteiger partial charge in [0.05, 0.1) is 11.7 Å². The molecule has 0 saturated carbocycles. The summed E-state index contributed by atoms with van der Waals surface area (Å²) in [6.07, 6.45) is 0.816. The van der Waals surface area contributed by atoms with E-state index in [-0.39, 0.29) is 6.61 Å². The molecule has 0 radical (unpaired) electrons. The summed E-state index contributed by atoms with van der Waals surface area (Å²) < 4.78 is 10.9. The summed E-state index contributed by atoms with van der Waals surface area (Å²) in [6, 6.07) is 7.92. The largest absolute Gasteiger partial charge is 0.491 e. The van der Waals surface area contributed by atoms with Crippen LogP contribution >= 0.6 is 0 Å². The molecule has 21 heavy (non-hydrogen) atoms. The second-order valence-corrected chi connectivity index (χ2v) is 6.23. The van der Waals surface area contributed by atoms with Gasteiger partial charge in [0.25, 0.3) is 0 Å². The zero-order valence-electron chi connectivity index (χ0n) is 12.9. The Labute approximate surface area is 126 Å². The number of aliphatic hydroxyl groups is 2. The molecule has 0 bridgehead atoms. The van der Waals surface area contributed by atoms with Crippen molar-refractivity contribution in [1.82, 2.24) is 0 Å². The molecule has 1 saturated heterocycles. The minimum absolute atomic E-state index is 0.199. The van der Waals surface area contributed by atoms with Crippen molar-refractivity contribution in [3.05, 3.63) is 29.8 Å². The van der Waals surface area contributed by atoms with Crippen LogP contribution in [0.15, 0.2) is 24.3 Å². The summed E-state index contributed by atoms with van der Waals surface area (Å²) in [6.45, 7) is 5.58. The van der Waals surface area contributed by atoms with E-state index in [1.54, 1.807) is 0 Å². The third-order valence-corrected chi connectivity index (χ3v) is 4.01. The van der Waals surface area contributed by atoms with Crippen molar-refractivity contribution >= 4 is 0 Å². The zero-order chi connectivity index (χ0) is 15.3. The Kier molecular flexibility index (Phi) is 5.62. The molecular weight excluding hydrogens is 268 g/mol. The first-order chi connectivity index (χ1) is 9.98. The van der Waals surface area contributed by atoms with Gasteiger partial charge in [-0.25, -0.2) is 0 Å². The first-order valence-electron chi connectivity index (χ1n) is 7.69. The zero-order valence-corrected chi connectivity index (χ0v) is 12.9. The van der Waals surface area contributed by atoms with Crippen LogP contribution in [0.4, 0.5) is 0 Å². The van der Waals surface area contributed by atoms with Gasteiger partial charge < -0.3 is 19.7 Å². The minimum Gasteiger partial charge on any atom is -0.491 e. The van der Waals surface area contributed by atoms with Crippen molar-refractivity contribution in [2.24, 2.45) is 0 Å². The standard InChI is InChI=1S/C17H26O4/c1-13(2)14-4-3-5-16(10-14)21-12-15(18)11-17(19)6-8-20-9-7-17/h3-5,10,13,15,18-19H,6-9,11-12H2,1-2H3. The van der Waals surface area contributed by atoms with E-state index in [2.05, 4.69) is 19.9 Å². The van der Waals surface area contributed by atoms with Crippen LogP contribution in [-0.2, 0) is 4.74 Å². The molecule has 0 spiro atoms. The highest BCUT2D eigenvalue weighted by Gasteiger charge is 2.32. The molecule has 1 unspecified atom stereocenters. The van der Waals surface area contributed by atoms with E-state index in [1.807, 2.05) is 18.2 Å². The highest BCUT2D eigenvalue weighted by atomic mass is 16.5. The molecule has 1 aromatic rings. The summed E-state index contributed by atoms with van der Waals surface area (Å²) in [5, 5.41) is 20.4. The molecule has 1 atom stereocenters. The van der Waals surface area contributed by atoms with Crippen molar-refractivity contribution in [1.29, 1.82) is 0 Å². The SMILES string of the molecule is CC(C)c1cccc(OCC(O)CC2(O)CCOCC2)c1. The van der Waals surface area contributed by atoms with Gasteiger partial charge in [0.2, 0.25) is 0 Å². The van der Waals surface area contributed by atoms with Gasteiger partial charge in [-0.2, -0.15) is 0 Å². The number of hydrogen-bond acceptors (Lipinski definition) is 4. The lowest BCUT2D eigenvalue weighted by atomic mass is 9.88. The maximum Gasteiger partial charge on any atom is 0.119 e. The Morgan fingerprint density at radius 2 is 2.00 bits per heavy atom. The fourth-order valence-corrected chi connectivity index (χ4v) is 2.61. The highest BCUT2D eigenvalue weighted by Crippen LogP contribution is 2.26. The van der Waals surface area contributed by atoms with E-state index in [9.17, 15) is 10.2 Å². The molecule has 118 valence electrons. The molecule has 4 heteroatoms. The Bertz CT molecular complexity index is 438. The van der Waals surface area contributed by atoms with Crippen LogP contribution in [0, 0.1) is 0 Å². The lowest BCUT2D eigenvalue weighted by Crippen LogP contribution is -2.40. The molecule has 4 nitrogen and oxygen atoms in total. The number of ether oxygens (including phenoxy) is 2. The van der Waals surface area contributed by atoms with Crippen LogP contribution in [0.25, 0.3) is 0 Å². The molecule has 1 fully saturated rings. The average Bonchev–Trinajstić information content (AvgIpc) is 2.46. The van der Waals surface area contributed by atoms with Gasteiger partial charge in [-0.3, -0.25) is 0 Å². The molecule has 1 heterocycles. The quantitative estimate of drug-likeness (QED) is 0.846. The molecule has 1 aromatic carbocycles. The lowest BCUT2D eigenvalue weighted by Gasteiger charge is -2.33. The van der Waals surface area contributed by atoms with Crippen molar-refractivity contribution in [3.63, 3.8) is 0 Å². The topological polar surface area (TPSA) is 58.9 Å². The van der Waals surface area contributed by atoms with Crippen LogP contribution in [0.1, 0.15) is 44.6 Å². The molecule has 2 N–H and O–H groups in total. The fraction of sp³-hybridized carbons (Fsp3) is 0.647. The van der Waals surface area contributed by atoms with Gasteiger partial charge in [0.1, 0.15) is 12.4 Å². The molecule has 0 aliphatic carbocycles. The van der Waals surface area contributed by atoms with Crippen LogP contribution in [-0.4, -0.2) is 41.7 Å². The average molecular weight is 294 g/mol. The lowest BCUT2D eigenvalue weighted by molar-refractivity contribution is -0.0906. The van der Waals surface area contributed by atoms with E-state index >= 15 is 0 Å². The van der Waals surface area contributed by atoms with Gasteiger partial charge in [-0.1, -0.05) is 26.0 Å². The molecule has 0 aromatic heterocycles. The third-order valence-electron chi connectivity index (χ3n) is 4.01. The Morgan fingerprint density at radius 3 is 2.67 bits per heavy atom. The van der Waals surface area contributed by atoms with E-state index < -0.39 is 11.7 Å². The van der Waals surface area contributed by atoms with Crippen LogP contribution < -0.4 is 4.74 Å². The monoisotopic (exact) mass is 294 g/mol. The molecule has 1 aliphatic rings. The van der Waals surface area contributed by atoms with E-state index in [0.29, 0.717) is 38.4 Å². The maximum absolute atomic E-state index is 10.4. The summed E-state index contributed by atoms with van der Waals surface area (Å²) in [7, 11) is 0. The number of hydrogen-bond donors (Lipinski definition) is 2. The summed E-state index contributed by atoms with van der Waals surface area (Å²) in [4.78, 5) is 0. The first kappa shape index (κ1) is 16.3. The summed E-state index contributed by atoms with van der Waals surface area (Å²) in [5.74, 6) is 1.21. The first-order valence-corrected chi connectivity index (χ1v) is 7.69. The van der Waals surface area contributed by atoms with E-state index in [1.165, 1.54) is 5.56 Å². The summed E-state index contributed by atoms with van der Waals surface area (Å²) >= 11 is 0. The van der Waals surface area contributed by atoms with Gasteiger partial charge in [-0.15, -0.1) is 0 Å². The fourth-order valence-electron chi connectivity index (χ4n) is 2.61. The molecule has 0 amide bonds. The predicted molar refractivity (Wildman–Crippen MR) is 81.7 cm³/mol. The van der Waals surface area contributed by atoms with Crippen molar-refractivity contribution < 1.29 is 19.7 Å². The van der Waals surface area contributed by atoms with Gasteiger partial charge >= 0.3 is 0 Å².